The summed E-state index contributed by atoms with van der Waals surface area (Å²) in [6.45, 7) is 3.70. The first-order chi connectivity index (χ1) is 17.8. The van der Waals surface area contributed by atoms with Crippen LogP contribution in [0.3, 0.4) is 0 Å². The number of carboxylic acids is 3. The minimum atomic E-state index is -0.938. The molecule has 0 aliphatic rings. The van der Waals surface area contributed by atoms with E-state index in [1.807, 2.05) is 0 Å². The molecule has 0 radical (unpaired) electrons. The summed E-state index contributed by atoms with van der Waals surface area (Å²) in [6.07, 6.45) is 25.6. The van der Waals surface area contributed by atoms with Gasteiger partial charge in [0.25, 0.3) is 0 Å². The van der Waals surface area contributed by atoms with E-state index < -0.39 is 17.9 Å². The van der Waals surface area contributed by atoms with Crippen molar-refractivity contribution in [2.24, 2.45) is 0 Å². The second kappa shape index (κ2) is 24.4. The van der Waals surface area contributed by atoms with Gasteiger partial charge in [-0.1, -0.05) is 89.7 Å². The van der Waals surface area contributed by atoms with Crippen LogP contribution in [0.2, 0.25) is 0 Å². The van der Waals surface area contributed by atoms with Crippen molar-refractivity contribution < 1.29 is 34.2 Å². The summed E-state index contributed by atoms with van der Waals surface area (Å²) in [5.41, 5.74) is 0. The monoisotopic (exact) mass is 526 g/mol. The molecule has 0 bridgehead atoms. The summed E-state index contributed by atoms with van der Waals surface area (Å²) < 4.78 is 0.250. The minimum Gasteiger partial charge on any atom is -0.481 e. The van der Waals surface area contributed by atoms with Gasteiger partial charge in [-0.25, -0.2) is 0 Å². The second-order valence-corrected chi connectivity index (χ2v) is 10.7. The van der Waals surface area contributed by atoms with E-state index in [0.717, 1.165) is 32.1 Å². The summed E-state index contributed by atoms with van der Waals surface area (Å²) >= 11 is 0. The predicted octanol–water partition coefficient (Wildman–Crippen LogP) is 7.44. The van der Waals surface area contributed by atoms with Gasteiger partial charge in [-0.15, -0.1) is 0 Å². The molecule has 0 saturated carbocycles. The Balaban J connectivity index is 4.00. The second-order valence-electron chi connectivity index (χ2n) is 10.7. The molecule has 216 valence electrons. The molecule has 0 aromatic heterocycles. The number of allylic oxidation sites excluding steroid dienone is 2. The molecular formula is C30H56NO6+. The summed E-state index contributed by atoms with van der Waals surface area (Å²) in [4.78, 5) is 33.4. The molecule has 0 aromatic carbocycles. The lowest BCUT2D eigenvalue weighted by atomic mass is 10.0. The quantitative estimate of drug-likeness (QED) is 0.0555. The Morgan fingerprint density at radius 1 is 0.486 bits per heavy atom. The third-order valence-corrected chi connectivity index (χ3v) is 7.29. The van der Waals surface area contributed by atoms with Gasteiger partial charge >= 0.3 is 17.9 Å². The van der Waals surface area contributed by atoms with Crippen LogP contribution >= 0.6 is 0 Å². The van der Waals surface area contributed by atoms with Gasteiger partial charge in [0.05, 0.1) is 45.4 Å². The Kier molecular flexibility index (Phi) is 23.2. The van der Waals surface area contributed by atoms with Crippen LogP contribution in [0.1, 0.15) is 135 Å². The third kappa shape index (κ3) is 24.2. The molecule has 7 heteroatoms. The highest BCUT2D eigenvalue weighted by Crippen LogP contribution is 2.16. The predicted molar refractivity (Wildman–Crippen MR) is 150 cm³/mol. The fourth-order valence-electron chi connectivity index (χ4n) is 4.89. The van der Waals surface area contributed by atoms with Crippen molar-refractivity contribution >= 4 is 17.9 Å². The molecule has 7 nitrogen and oxygen atoms in total. The van der Waals surface area contributed by atoms with Crippen molar-refractivity contribution in [1.29, 1.82) is 0 Å². The minimum absolute atomic E-state index is 0.0822. The average molecular weight is 527 g/mol. The van der Waals surface area contributed by atoms with Crippen LogP contribution in [0.4, 0.5) is 0 Å². The molecule has 0 fully saturated rings. The standard InChI is InChI=1S/C30H55NO6/c1-2-3-4-5-6-7-8-9-10-11-12-13-14-15-16-17-18-19-20-24-31(25-21-28(32)33,26-22-29(34)35)27-23-30(36)37/h15-16H,2-14,17-27H2,1H3,(H2-,32,33,34,35,36,37)/p+1/b16-15+. The Morgan fingerprint density at radius 2 is 0.811 bits per heavy atom. The molecular weight excluding hydrogens is 470 g/mol. The van der Waals surface area contributed by atoms with E-state index in [2.05, 4.69) is 19.1 Å². The fraction of sp³-hybridized carbons (Fsp3) is 0.833. The highest BCUT2D eigenvalue weighted by atomic mass is 16.4. The summed E-state index contributed by atoms with van der Waals surface area (Å²) in [5, 5.41) is 27.3. The van der Waals surface area contributed by atoms with Crippen molar-refractivity contribution in [2.45, 2.75) is 135 Å². The van der Waals surface area contributed by atoms with Crippen molar-refractivity contribution in [3.63, 3.8) is 0 Å². The topological polar surface area (TPSA) is 112 Å². The van der Waals surface area contributed by atoms with E-state index in [-0.39, 0.29) is 43.4 Å². The maximum atomic E-state index is 11.1. The van der Waals surface area contributed by atoms with Crippen molar-refractivity contribution in [3.05, 3.63) is 12.2 Å². The van der Waals surface area contributed by atoms with Gasteiger partial charge in [0.15, 0.2) is 0 Å². The number of carboxylic acid groups (broad SMARTS) is 3. The molecule has 0 aliphatic heterocycles. The van der Waals surface area contributed by atoms with Gasteiger partial charge in [0.2, 0.25) is 0 Å². The summed E-state index contributed by atoms with van der Waals surface area (Å²) in [5.74, 6) is -2.82. The molecule has 37 heavy (non-hydrogen) atoms. The van der Waals surface area contributed by atoms with E-state index >= 15 is 0 Å². The van der Waals surface area contributed by atoms with E-state index in [0.29, 0.717) is 6.54 Å². The van der Waals surface area contributed by atoms with Gasteiger partial charge in [-0.05, 0) is 38.5 Å². The molecule has 0 spiro atoms. The van der Waals surface area contributed by atoms with E-state index in [1.165, 1.54) is 77.0 Å². The molecule has 0 heterocycles. The molecule has 0 aliphatic carbocycles. The molecule has 0 unspecified atom stereocenters. The molecule has 0 rings (SSSR count). The number of hydrogen-bond acceptors (Lipinski definition) is 3. The Hall–Kier alpha value is -1.89. The molecule has 0 amide bonds. The molecule has 0 saturated heterocycles. The van der Waals surface area contributed by atoms with Crippen molar-refractivity contribution in [1.82, 2.24) is 0 Å². The summed E-state index contributed by atoms with van der Waals surface area (Å²) in [6, 6.07) is 0. The Bertz CT molecular complexity index is 574. The van der Waals surface area contributed by atoms with Crippen molar-refractivity contribution in [2.75, 3.05) is 26.2 Å². The number of aliphatic carboxylic acids is 3. The number of nitrogens with zero attached hydrogens (tertiary/aromatic N) is 1. The zero-order chi connectivity index (χ0) is 27.6. The number of rotatable bonds is 28. The zero-order valence-electron chi connectivity index (χ0n) is 23.6. The average Bonchev–Trinajstić information content (AvgIpc) is 2.85. The van der Waals surface area contributed by atoms with Crippen molar-refractivity contribution in [3.8, 4) is 0 Å². The van der Waals surface area contributed by atoms with Crippen LogP contribution in [0.25, 0.3) is 0 Å². The third-order valence-electron chi connectivity index (χ3n) is 7.29. The van der Waals surface area contributed by atoms with Crippen LogP contribution in [0.5, 0.6) is 0 Å². The van der Waals surface area contributed by atoms with Crippen LogP contribution in [-0.2, 0) is 14.4 Å². The van der Waals surface area contributed by atoms with Gasteiger partial charge in [0.1, 0.15) is 0 Å². The van der Waals surface area contributed by atoms with Gasteiger partial charge in [-0.2, -0.15) is 0 Å². The van der Waals surface area contributed by atoms with E-state index in [4.69, 9.17) is 15.3 Å². The van der Waals surface area contributed by atoms with Gasteiger partial charge < -0.3 is 19.8 Å². The van der Waals surface area contributed by atoms with Crippen LogP contribution in [0, 0.1) is 0 Å². The SMILES string of the molecule is CCCCCCCCCCCCCC/C=C/CCCCC[N+](CCC(=O)O)(CCC(=O)O)CCC(=O)O. The first kappa shape index (κ1) is 35.1. The van der Waals surface area contributed by atoms with Gasteiger partial charge in [-0.3, -0.25) is 14.4 Å². The number of quaternary nitrogens is 1. The van der Waals surface area contributed by atoms with Crippen LogP contribution < -0.4 is 0 Å². The lowest BCUT2D eigenvalue weighted by molar-refractivity contribution is -0.927. The largest absolute Gasteiger partial charge is 0.481 e. The fourth-order valence-corrected chi connectivity index (χ4v) is 4.89. The van der Waals surface area contributed by atoms with E-state index in [1.54, 1.807) is 0 Å². The number of carbonyl (C=O) groups is 3. The number of unbranched alkanes of at least 4 members (excludes halogenated alkanes) is 15. The van der Waals surface area contributed by atoms with Gasteiger partial charge in [0, 0.05) is 0 Å². The van der Waals surface area contributed by atoms with E-state index in [9.17, 15) is 14.4 Å². The lowest BCUT2D eigenvalue weighted by Crippen LogP contribution is -2.52. The lowest BCUT2D eigenvalue weighted by Gasteiger charge is -2.38. The Morgan fingerprint density at radius 3 is 1.16 bits per heavy atom. The highest BCUT2D eigenvalue weighted by molar-refractivity contribution is 5.67. The highest BCUT2D eigenvalue weighted by Gasteiger charge is 2.29. The maximum Gasteiger partial charge on any atom is 0.309 e. The number of hydrogen-bond donors (Lipinski definition) is 3. The normalized spacial score (nSPS) is 11.8. The maximum absolute atomic E-state index is 11.1. The first-order valence-electron chi connectivity index (χ1n) is 15.0. The Labute approximate surface area is 225 Å². The molecule has 0 atom stereocenters. The smallest absolute Gasteiger partial charge is 0.309 e. The molecule has 3 N–H and O–H groups in total. The first-order valence-corrected chi connectivity index (χ1v) is 15.0. The zero-order valence-corrected chi connectivity index (χ0v) is 23.6. The molecule has 0 aromatic rings. The van der Waals surface area contributed by atoms with Crippen LogP contribution in [0.15, 0.2) is 12.2 Å². The van der Waals surface area contributed by atoms with Crippen LogP contribution in [-0.4, -0.2) is 63.9 Å². The summed E-state index contributed by atoms with van der Waals surface area (Å²) in [7, 11) is 0.